The first-order chi connectivity index (χ1) is 11.1. The van der Waals surface area contributed by atoms with E-state index in [-0.39, 0.29) is 12.1 Å². The summed E-state index contributed by atoms with van der Waals surface area (Å²) in [5.74, 6) is -1.35. The Labute approximate surface area is 134 Å². The highest BCUT2D eigenvalue weighted by Crippen LogP contribution is 2.28. The molecule has 1 fully saturated rings. The van der Waals surface area contributed by atoms with Crippen LogP contribution in [0.3, 0.4) is 0 Å². The van der Waals surface area contributed by atoms with Crippen molar-refractivity contribution in [1.82, 2.24) is 15.1 Å². The van der Waals surface area contributed by atoms with Crippen LogP contribution < -0.4 is 5.32 Å². The molecule has 0 atom stereocenters. The number of para-hydroxylation sites is 1. The molecule has 6 nitrogen and oxygen atoms in total. The zero-order valence-corrected chi connectivity index (χ0v) is 12.7. The average Bonchev–Trinajstić information content (AvgIpc) is 3.22. The van der Waals surface area contributed by atoms with Gasteiger partial charge in [0, 0.05) is 12.7 Å². The predicted molar refractivity (Wildman–Crippen MR) is 84.3 cm³/mol. The molecular weight excluding hydrogens is 294 g/mol. The van der Waals surface area contributed by atoms with Gasteiger partial charge in [-0.05, 0) is 25.0 Å². The molecule has 2 aromatic rings. The second-order valence-electron chi connectivity index (χ2n) is 5.95. The average molecular weight is 313 g/mol. The lowest BCUT2D eigenvalue weighted by Crippen LogP contribution is -2.43. The summed E-state index contributed by atoms with van der Waals surface area (Å²) in [4.78, 5) is 24.1. The van der Waals surface area contributed by atoms with Crippen molar-refractivity contribution in [3.05, 3.63) is 48.3 Å². The summed E-state index contributed by atoms with van der Waals surface area (Å²) >= 11 is 0. The molecule has 0 radical (unpaired) electrons. The summed E-state index contributed by atoms with van der Waals surface area (Å²) in [6.07, 6.45) is 6.12. The fraction of sp³-hybridized carbons (Fsp3) is 0.353. The van der Waals surface area contributed by atoms with Crippen molar-refractivity contribution in [1.29, 1.82) is 0 Å². The molecule has 1 aliphatic carbocycles. The number of hydrogen-bond acceptors (Lipinski definition) is 4. The number of carbonyl (C=O) groups excluding carboxylic acids is 2. The fourth-order valence-electron chi connectivity index (χ4n) is 2.83. The minimum atomic E-state index is -0.871. The number of carbonyl (C=O) groups is 2. The third kappa shape index (κ3) is 3.48. The highest BCUT2D eigenvalue weighted by molar-refractivity contribution is 6.42. The van der Waals surface area contributed by atoms with Crippen molar-refractivity contribution in [3.63, 3.8) is 0 Å². The molecule has 1 heterocycles. The lowest BCUT2D eigenvalue weighted by molar-refractivity contribution is -0.118. The molecule has 1 amide bonds. The van der Waals surface area contributed by atoms with Crippen molar-refractivity contribution >= 4 is 11.7 Å². The Balaban J connectivity index is 1.64. The number of Topliss-reactive ketones (excluding diaryl/α,β-unsaturated/α-hetero) is 1. The van der Waals surface area contributed by atoms with Gasteiger partial charge in [-0.25, -0.2) is 4.68 Å². The van der Waals surface area contributed by atoms with E-state index in [1.807, 2.05) is 30.3 Å². The fourth-order valence-corrected chi connectivity index (χ4v) is 2.83. The van der Waals surface area contributed by atoms with Crippen LogP contribution in [0.4, 0.5) is 0 Å². The van der Waals surface area contributed by atoms with Crippen LogP contribution in [0.5, 0.6) is 0 Å². The van der Waals surface area contributed by atoms with E-state index in [9.17, 15) is 14.7 Å². The first-order valence-electron chi connectivity index (χ1n) is 7.72. The van der Waals surface area contributed by atoms with E-state index in [0.717, 1.165) is 18.5 Å². The summed E-state index contributed by atoms with van der Waals surface area (Å²) in [6.45, 7) is 0.115. The zero-order valence-electron chi connectivity index (χ0n) is 12.7. The number of rotatable bonds is 5. The normalized spacial score (nSPS) is 16.2. The molecule has 23 heavy (non-hydrogen) atoms. The molecule has 2 N–H and O–H groups in total. The molecule has 1 aliphatic rings. The second-order valence-corrected chi connectivity index (χ2v) is 5.95. The van der Waals surface area contributed by atoms with E-state index in [4.69, 9.17) is 0 Å². The van der Waals surface area contributed by atoms with Gasteiger partial charge in [-0.2, -0.15) is 5.10 Å². The van der Waals surface area contributed by atoms with Gasteiger partial charge in [0.05, 0.1) is 23.0 Å². The molecule has 0 bridgehead atoms. The predicted octanol–water partition coefficient (Wildman–Crippen LogP) is 1.48. The molecule has 1 aromatic carbocycles. The van der Waals surface area contributed by atoms with E-state index in [1.54, 1.807) is 4.68 Å². The molecule has 120 valence electrons. The van der Waals surface area contributed by atoms with E-state index in [1.165, 1.54) is 12.4 Å². The Morgan fingerprint density at radius 3 is 2.61 bits per heavy atom. The van der Waals surface area contributed by atoms with Gasteiger partial charge in [-0.1, -0.05) is 31.0 Å². The zero-order chi connectivity index (χ0) is 16.3. The molecule has 0 unspecified atom stereocenters. The maximum atomic E-state index is 12.2. The maximum absolute atomic E-state index is 12.2. The van der Waals surface area contributed by atoms with Crippen LogP contribution in [0, 0.1) is 0 Å². The van der Waals surface area contributed by atoms with Crippen LogP contribution in [0.25, 0.3) is 5.69 Å². The van der Waals surface area contributed by atoms with Crippen molar-refractivity contribution in [2.45, 2.75) is 31.3 Å². The number of benzene rings is 1. The summed E-state index contributed by atoms with van der Waals surface area (Å²) in [5, 5.41) is 16.8. The lowest BCUT2D eigenvalue weighted by Gasteiger charge is -2.21. The Morgan fingerprint density at radius 2 is 1.91 bits per heavy atom. The van der Waals surface area contributed by atoms with Gasteiger partial charge in [-0.3, -0.25) is 9.59 Å². The van der Waals surface area contributed by atoms with Gasteiger partial charge in [0.2, 0.25) is 0 Å². The summed E-state index contributed by atoms with van der Waals surface area (Å²) in [5.41, 5.74) is 0.168. The van der Waals surface area contributed by atoms with E-state index in [0.29, 0.717) is 12.8 Å². The van der Waals surface area contributed by atoms with Gasteiger partial charge < -0.3 is 10.4 Å². The van der Waals surface area contributed by atoms with Crippen LogP contribution in [-0.4, -0.2) is 38.7 Å². The van der Waals surface area contributed by atoms with Crippen LogP contribution in [0.1, 0.15) is 36.0 Å². The van der Waals surface area contributed by atoms with Gasteiger partial charge in [0.15, 0.2) is 0 Å². The van der Waals surface area contributed by atoms with Crippen LogP contribution >= 0.6 is 0 Å². The summed E-state index contributed by atoms with van der Waals surface area (Å²) in [6, 6.07) is 9.34. The third-order valence-electron chi connectivity index (χ3n) is 4.18. The molecule has 1 aromatic heterocycles. The van der Waals surface area contributed by atoms with Crippen LogP contribution in [-0.2, 0) is 4.79 Å². The lowest BCUT2D eigenvalue weighted by atomic mass is 10.0. The molecule has 3 rings (SSSR count). The molecule has 0 spiro atoms. The monoisotopic (exact) mass is 313 g/mol. The van der Waals surface area contributed by atoms with Gasteiger partial charge in [0.25, 0.3) is 11.7 Å². The largest absolute Gasteiger partial charge is 0.388 e. The van der Waals surface area contributed by atoms with Crippen molar-refractivity contribution in [3.8, 4) is 5.69 Å². The Kier molecular flexibility index (Phi) is 4.25. The van der Waals surface area contributed by atoms with Crippen molar-refractivity contribution in [2.75, 3.05) is 6.54 Å². The second kappa shape index (κ2) is 6.34. The highest BCUT2D eigenvalue weighted by atomic mass is 16.3. The van der Waals surface area contributed by atoms with E-state index < -0.39 is 17.3 Å². The van der Waals surface area contributed by atoms with Crippen LogP contribution in [0.15, 0.2) is 42.7 Å². The molecule has 1 saturated carbocycles. The van der Waals surface area contributed by atoms with Gasteiger partial charge in [-0.15, -0.1) is 0 Å². The molecular formula is C17H19N3O3. The minimum Gasteiger partial charge on any atom is -0.388 e. The minimum absolute atomic E-state index is 0.115. The topological polar surface area (TPSA) is 84.2 Å². The van der Waals surface area contributed by atoms with Crippen LogP contribution in [0.2, 0.25) is 0 Å². The first kappa shape index (κ1) is 15.4. The number of nitrogens with zero attached hydrogens (tertiary/aromatic N) is 2. The number of amides is 1. The van der Waals surface area contributed by atoms with E-state index in [2.05, 4.69) is 10.4 Å². The Hall–Kier alpha value is -2.47. The number of ketones is 1. The standard InChI is InChI=1S/C17H19N3O3/c21-15(16(22)18-12-17(23)8-4-5-9-17)13-10-19-20(11-13)14-6-2-1-3-7-14/h1-3,6-7,10-11,23H,4-5,8-9,12H2,(H,18,22). The molecule has 6 heteroatoms. The van der Waals surface area contributed by atoms with Crippen molar-refractivity contribution in [2.24, 2.45) is 0 Å². The number of nitrogens with one attached hydrogen (secondary N) is 1. The highest BCUT2D eigenvalue weighted by Gasteiger charge is 2.32. The van der Waals surface area contributed by atoms with Gasteiger partial charge in [0.1, 0.15) is 0 Å². The molecule has 0 saturated heterocycles. The first-order valence-corrected chi connectivity index (χ1v) is 7.72. The summed E-state index contributed by atoms with van der Waals surface area (Å²) in [7, 11) is 0. The smallest absolute Gasteiger partial charge is 0.292 e. The quantitative estimate of drug-likeness (QED) is 0.647. The van der Waals surface area contributed by atoms with Crippen molar-refractivity contribution < 1.29 is 14.7 Å². The third-order valence-corrected chi connectivity index (χ3v) is 4.18. The van der Waals surface area contributed by atoms with Gasteiger partial charge >= 0.3 is 0 Å². The summed E-state index contributed by atoms with van der Waals surface area (Å²) < 4.78 is 1.55. The maximum Gasteiger partial charge on any atom is 0.292 e. The number of aromatic nitrogens is 2. The van der Waals surface area contributed by atoms with E-state index >= 15 is 0 Å². The SMILES string of the molecule is O=C(NCC1(O)CCCC1)C(=O)c1cnn(-c2ccccc2)c1. The molecule has 0 aliphatic heterocycles. The number of aliphatic hydroxyl groups is 1. The number of hydrogen-bond donors (Lipinski definition) is 2. The Bertz CT molecular complexity index is 703. The Morgan fingerprint density at radius 1 is 1.22 bits per heavy atom.